The molecule has 29 heavy (non-hydrogen) atoms. The van der Waals surface area contributed by atoms with Gasteiger partial charge in [-0.1, -0.05) is 45.7 Å². The minimum Gasteiger partial charge on any atom is -0.441 e. The lowest BCUT2D eigenvalue weighted by Gasteiger charge is -2.34. The van der Waals surface area contributed by atoms with Crippen molar-refractivity contribution < 1.29 is 13.4 Å². The van der Waals surface area contributed by atoms with Crippen molar-refractivity contribution in [3.8, 4) is 11.5 Å². The molecule has 6 heteroatoms. The summed E-state index contributed by atoms with van der Waals surface area (Å²) in [6.45, 7) is 8.37. The molecule has 1 amide bonds. The van der Waals surface area contributed by atoms with Crippen LogP contribution in [0, 0.1) is 18.8 Å². The lowest BCUT2D eigenvalue weighted by molar-refractivity contribution is -0.120. The molecule has 1 N–H and O–H groups in total. The maximum absolute atomic E-state index is 12.6. The minimum atomic E-state index is -1.32. The molecule has 1 aromatic heterocycles. The maximum Gasteiger partial charge on any atom is 0.232 e. The van der Waals surface area contributed by atoms with E-state index in [2.05, 4.69) is 43.2 Å². The summed E-state index contributed by atoms with van der Waals surface area (Å²) in [7, 11) is -1.32. The van der Waals surface area contributed by atoms with Crippen molar-refractivity contribution in [2.24, 2.45) is 11.8 Å². The number of nitrogens with zero attached hydrogens (tertiary/aromatic N) is 1. The Labute approximate surface area is 176 Å². The molecule has 3 rings (SSSR count). The molecular weight excluding hydrogens is 384 g/mol. The highest BCUT2D eigenvalue weighted by atomic mass is 32.2. The zero-order valence-corrected chi connectivity index (χ0v) is 18.7. The standard InChI is InChI=1S/C23H32N2O3S/c1-5-18-9-11-19(12-10-18)23-25-21(17(4)28-23)13-29(27)14-22(26)24-20-8-6-7-15(2)16(20)3/h9-12,15-16,20H,5-8,13-14H2,1-4H3,(H,24,26). The van der Waals surface area contributed by atoms with Gasteiger partial charge in [-0.05, 0) is 49.3 Å². The number of benzene rings is 1. The summed E-state index contributed by atoms with van der Waals surface area (Å²) in [4.78, 5) is 16.9. The molecular formula is C23H32N2O3S. The number of amides is 1. The highest BCUT2D eigenvalue weighted by Crippen LogP contribution is 2.29. The van der Waals surface area contributed by atoms with Crippen molar-refractivity contribution in [2.45, 2.75) is 65.2 Å². The first-order valence-electron chi connectivity index (χ1n) is 10.6. The topological polar surface area (TPSA) is 72.2 Å². The van der Waals surface area contributed by atoms with E-state index >= 15 is 0 Å². The molecule has 5 nitrogen and oxygen atoms in total. The van der Waals surface area contributed by atoms with Crippen LogP contribution in [0.4, 0.5) is 0 Å². The smallest absolute Gasteiger partial charge is 0.232 e. The van der Waals surface area contributed by atoms with Crippen molar-refractivity contribution in [1.29, 1.82) is 0 Å². The molecule has 0 saturated heterocycles. The molecule has 0 spiro atoms. The van der Waals surface area contributed by atoms with Gasteiger partial charge < -0.3 is 9.73 Å². The zero-order valence-electron chi connectivity index (χ0n) is 17.9. The van der Waals surface area contributed by atoms with Gasteiger partial charge in [0.1, 0.15) is 11.5 Å². The van der Waals surface area contributed by atoms with Crippen LogP contribution >= 0.6 is 0 Å². The third-order valence-electron chi connectivity index (χ3n) is 6.14. The van der Waals surface area contributed by atoms with Crippen molar-refractivity contribution in [3.63, 3.8) is 0 Å². The number of carbonyl (C=O) groups excluding carboxylic acids is 1. The highest BCUT2D eigenvalue weighted by molar-refractivity contribution is 7.84. The van der Waals surface area contributed by atoms with Crippen molar-refractivity contribution in [2.75, 3.05) is 5.75 Å². The van der Waals surface area contributed by atoms with Gasteiger partial charge in [0.2, 0.25) is 11.8 Å². The van der Waals surface area contributed by atoms with Crippen molar-refractivity contribution in [1.82, 2.24) is 10.3 Å². The molecule has 1 aromatic carbocycles. The van der Waals surface area contributed by atoms with Crippen LogP contribution in [0.25, 0.3) is 11.5 Å². The molecule has 1 heterocycles. The van der Waals surface area contributed by atoms with Crippen molar-refractivity contribution in [3.05, 3.63) is 41.3 Å². The van der Waals surface area contributed by atoms with Gasteiger partial charge >= 0.3 is 0 Å². The number of oxazole rings is 1. The van der Waals surface area contributed by atoms with E-state index in [1.807, 2.05) is 19.1 Å². The Hall–Kier alpha value is -1.95. The number of rotatable bonds is 7. The summed E-state index contributed by atoms with van der Waals surface area (Å²) in [6.07, 6.45) is 4.34. The van der Waals surface area contributed by atoms with E-state index in [1.54, 1.807) is 0 Å². The average molecular weight is 417 g/mol. The Morgan fingerprint density at radius 3 is 2.66 bits per heavy atom. The van der Waals surface area contributed by atoms with Gasteiger partial charge in [0.05, 0.1) is 11.4 Å². The largest absolute Gasteiger partial charge is 0.441 e. The van der Waals surface area contributed by atoms with Crippen LogP contribution in [-0.4, -0.2) is 26.9 Å². The SMILES string of the molecule is CCc1ccc(-c2nc(CS(=O)CC(=O)NC3CCCC(C)C3C)c(C)o2)cc1. The molecule has 1 saturated carbocycles. The molecule has 1 fully saturated rings. The molecule has 0 bridgehead atoms. The summed E-state index contributed by atoms with van der Waals surface area (Å²) < 4.78 is 18.3. The first-order valence-corrected chi connectivity index (χ1v) is 12.1. The Morgan fingerprint density at radius 1 is 1.24 bits per heavy atom. The summed E-state index contributed by atoms with van der Waals surface area (Å²) in [5.74, 6) is 2.36. The molecule has 4 atom stereocenters. The van der Waals surface area contributed by atoms with Crippen LogP contribution in [-0.2, 0) is 27.8 Å². The number of hydrogen-bond acceptors (Lipinski definition) is 4. The van der Waals surface area contributed by atoms with Crippen LogP contribution in [0.3, 0.4) is 0 Å². The summed E-state index contributed by atoms with van der Waals surface area (Å²) in [5.41, 5.74) is 2.82. The fourth-order valence-corrected chi connectivity index (χ4v) is 5.00. The Bertz CT molecular complexity index is 860. The summed E-state index contributed by atoms with van der Waals surface area (Å²) >= 11 is 0. The number of hydrogen-bond donors (Lipinski definition) is 1. The van der Waals surface area contributed by atoms with Crippen LogP contribution < -0.4 is 5.32 Å². The van der Waals surface area contributed by atoms with Gasteiger partial charge in [-0.15, -0.1) is 0 Å². The molecule has 2 aromatic rings. The third kappa shape index (κ3) is 5.56. The van der Waals surface area contributed by atoms with E-state index in [-0.39, 0.29) is 23.5 Å². The van der Waals surface area contributed by atoms with Gasteiger partial charge in [-0.3, -0.25) is 9.00 Å². The summed E-state index contributed by atoms with van der Waals surface area (Å²) in [5, 5.41) is 3.10. The van der Waals surface area contributed by atoms with Crippen LogP contribution in [0.1, 0.15) is 57.1 Å². The second-order valence-corrected chi connectivity index (χ2v) is 9.70. The summed E-state index contributed by atoms with van der Waals surface area (Å²) in [6, 6.07) is 8.29. The van der Waals surface area contributed by atoms with Gasteiger partial charge in [0.25, 0.3) is 0 Å². The van der Waals surface area contributed by atoms with E-state index in [4.69, 9.17) is 4.42 Å². The minimum absolute atomic E-state index is 0.00440. The van der Waals surface area contributed by atoms with Gasteiger partial charge in [-0.25, -0.2) is 4.98 Å². The highest BCUT2D eigenvalue weighted by Gasteiger charge is 2.28. The Morgan fingerprint density at radius 2 is 1.97 bits per heavy atom. The van der Waals surface area contributed by atoms with Crippen LogP contribution in [0.5, 0.6) is 0 Å². The molecule has 4 unspecified atom stereocenters. The molecule has 1 aliphatic carbocycles. The van der Waals surface area contributed by atoms with E-state index in [0.29, 0.717) is 29.2 Å². The number of aryl methyl sites for hydroxylation is 2. The Kier molecular flexibility index (Phi) is 7.28. The number of nitrogens with one attached hydrogen (secondary N) is 1. The lowest BCUT2D eigenvalue weighted by atomic mass is 9.78. The second kappa shape index (κ2) is 9.70. The van der Waals surface area contributed by atoms with Gasteiger partial charge in [-0.2, -0.15) is 0 Å². The lowest BCUT2D eigenvalue weighted by Crippen LogP contribution is -2.45. The average Bonchev–Trinajstić information content (AvgIpc) is 3.05. The van der Waals surface area contributed by atoms with E-state index in [9.17, 15) is 9.00 Å². The molecule has 0 aliphatic heterocycles. The molecule has 1 aliphatic rings. The molecule has 0 radical (unpaired) electrons. The number of carbonyl (C=O) groups is 1. The van der Waals surface area contributed by atoms with Crippen LogP contribution in [0.2, 0.25) is 0 Å². The first-order chi connectivity index (χ1) is 13.9. The Balaban J connectivity index is 1.57. The zero-order chi connectivity index (χ0) is 21.0. The van der Waals surface area contributed by atoms with Gasteiger partial charge in [0, 0.05) is 22.4 Å². The van der Waals surface area contributed by atoms with Crippen LogP contribution in [0.15, 0.2) is 28.7 Å². The van der Waals surface area contributed by atoms with Crippen molar-refractivity contribution >= 4 is 16.7 Å². The predicted molar refractivity (Wildman–Crippen MR) is 117 cm³/mol. The fourth-order valence-electron chi connectivity index (χ4n) is 3.95. The number of aromatic nitrogens is 1. The first kappa shape index (κ1) is 21.8. The van der Waals surface area contributed by atoms with Gasteiger partial charge in [0.15, 0.2) is 0 Å². The monoisotopic (exact) mass is 416 g/mol. The normalized spacial score (nSPS) is 23.0. The maximum atomic E-state index is 12.6. The van der Waals surface area contributed by atoms with E-state index in [0.717, 1.165) is 24.8 Å². The third-order valence-corrected chi connectivity index (χ3v) is 7.32. The predicted octanol–water partition coefficient (Wildman–Crippen LogP) is 4.40. The quantitative estimate of drug-likeness (QED) is 0.726. The van der Waals surface area contributed by atoms with E-state index in [1.165, 1.54) is 12.0 Å². The molecule has 158 valence electrons. The second-order valence-electron chi connectivity index (χ2n) is 8.24. The van der Waals surface area contributed by atoms with E-state index < -0.39 is 10.8 Å². The fraction of sp³-hybridized carbons (Fsp3) is 0.565.